The molecule has 0 saturated heterocycles. The van der Waals surface area contributed by atoms with Crippen molar-refractivity contribution in [3.05, 3.63) is 89.5 Å². The number of hydrogen-bond acceptors (Lipinski definition) is 7. The monoisotopic (exact) mass is 732 g/mol. The number of alkyl halides is 3. The van der Waals surface area contributed by atoms with Gasteiger partial charge in [-0.15, -0.1) is 0 Å². The van der Waals surface area contributed by atoms with Gasteiger partial charge in [-0.3, -0.25) is 14.6 Å². The number of methoxy groups -OCH3 is 1. The van der Waals surface area contributed by atoms with Crippen molar-refractivity contribution in [2.24, 2.45) is 10.9 Å². The van der Waals surface area contributed by atoms with E-state index in [1.807, 2.05) is 0 Å². The number of aromatic hydroxyl groups is 1. The molecule has 1 aliphatic carbocycles. The Kier molecular flexibility index (Phi) is 13.9. The first-order valence-electron chi connectivity index (χ1n) is 16.5. The highest BCUT2D eigenvalue weighted by molar-refractivity contribution is 7.18. The van der Waals surface area contributed by atoms with E-state index in [9.17, 15) is 32.7 Å². The first-order chi connectivity index (χ1) is 24.3. The summed E-state index contributed by atoms with van der Waals surface area (Å²) in [5.74, 6) is -2.69. The second-order valence-corrected chi connectivity index (χ2v) is 13.1. The molecule has 15 heteroatoms. The Morgan fingerprint density at radius 2 is 1.86 bits per heavy atom. The highest BCUT2D eigenvalue weighted by atomic mass is 31.0. The molecule has 2 unspecified atom stereocenters. The summed E-state index contributed by atoms with van der Waals surface area (Å²) in [5.41, 5.74) is -4.20. The lowest BCUT2D eigenvalue weighted by Gasteiger charge is -2.31. The third-order valence-electron chi connectivity index (χ3n) is 8.64. The van der Waals surface area contributed by atoms with E-state index in [1.54, 1.807) is 30.3 Å². The Hall–Kier alpha value is -4.58. The highest BCUT2D eigenvalue weighted by Gasteiger charge is 2.40. The zero-order chi connectivity index (χ0) is 37.0. The number of ether oxygens (including phenoxy) is 2. The number of urea groups is 1. The Labute approximate surface area is 295 Å². The van der Waals surface area contributed by atoms with Gasteiger partial charge in [-0.1, -0.05) is 43.2 Å². The number of carbonyl (C=O) groups is 3. The van der Waals surface area contributed by atoms with Crippen LogP contribution in [0.3, 0.4) is 0 Å². The third kappa shape index (κ3) is 11.0. The normalized spacial score (nSPS) is 18.2. The Balaban J connectivity index is 1.62. The molecular formula is C36H41F4N4O6P. The van der Waals surface area contributed by atoms with Crippen LogP contribution in [0.15, 0.2) is 71.9 Å². The maximum atomic E-state index is 15.2. The Morgan fingerprint density at radius 3 is 2.55 bits per heavy atom. The van der Waals surface area contributed by atoms with Crippen molar-refractivity contribution in [2.75, 3.05) is 13.7 Å². The number of unbranched alkanes of at least 4 members (excludes halogenated alkanes) is 2. The molecule has 1 saturated carbocycles. The summed E-state index contributed by atoms with van der Waals surface area (Å²) in [6, 6.07) is 13.3. The average molecular weight is 733 g/mol. The van der Waals surface area contributed by atoms with E-state index in [-0.39, 0.29) is 35.3 Å². The second kappa shape index (κ2) is 18.1. The maximum Gasteiger partial charge on any atom is 0.340 e. The molecule has 0 bridgehead atoms. The molecule has 51 heavy (non-hydrogen) atoms. The summed E-state index contributed by atoms with van der Waals surface area (Å²) in [4.78, 5) is 46.3. The molecule has 1 fully saturated rings. The minimum Gasteiger partial charge on any atom is -0.506 e. The smallest absolute Gasteiger partial charge is 0.340 e. The maximum absolute atomic E-state index is 15.2. The summed E-state index contributed by atoms with van der Waals surface area (Å²) in [6.45, 7) is 0.411. The fourth-order valence-electron chi connectivity index (χ4n) is 6.03. The molecule has 4 rings (SSSR count). The van der Waals surface area contributed by atoms with Gasteiger partial charge in [0.05, 0.1) is 30.3 Å². The first kappa shape index (κ1) is 39.2. The molecule has 3 aromatic rings. The lowest BCUT2D eigenvalue weighted by Crippen LogP contribution is -2.43. The fourth-order valence-corrected chi connectivity index (χ4v) is 6.16. The SMILES string of the molecule is COC(=O)CCCCCNC(=O)[C@H]1CCC[C@H]1NC(=O)N=C[C@@](Cc1ccccc1)(c1cc(F)cc(OC(F)(P)C(F)F)c1)c1ccc(O)cn1. The molecule has 0 spiro atoms. The summed E-state index contributed by atoms with van der Waals surface area (Å²) >= 11 is 0. The zero-order valence-electron chi connectivity index (χ0n) is 28.0. The predicted molar refractivity (Wildman–Crippen MR) is 185 cm³/mol. The number of rotatable bonds is 16. The van der Waals surface area contributed by atoms with Crippen LogP contribution in [0, 0.1) is 11.7 Å². The fraction of sp³-hybridized carbons (Fsp3) is 0.417. The standard InChI is InChI=1S/C36H41F4N4O6P/c1-49-31(46)13-6-3-7-16-41-32(47)28-11-8-12-29(28)44-34(48)43-22-35(20-23-9-4-2-5-10-23,30-15-14-26(45)21-42-30)24-17-25(37)19-27(18-24)50-36(40,51)33(38)39/h2,4-5,9-10,14-15,17-19,21-22,28-29,33,45H,3,6-8,11-13,16,20,51H2,1H3,(H,41,47)(H,44,48)/t28-,29+,35-,36?/m0/s1. The van der Waals surface area contributed by atoms with Crippen molar-refractivity contribution < 1.29 is 46.5 Å². The number of aromatic nitrogens is 1. The number of nitrogens with one attached hydrogen (secondary N) is 2. The molecule has 1 aliphatic rings. The molecule has 1 heterocycles. The van der Waals surface area contributed by atoms with Crippen molar-refractivity contribution >= 4 is 33.4 Å². The van der Waals surface area contributed by atoms with E-state index in [0.717, 1.165) is 30.8 Å². The highest BCUT2D eigenvalue weighted by Crippen LogP contribution is 2.39. The molecule has 10 nitrogen and oxygen atoms in total. The zero-order valence-corrected chi connectivity index (χ0v) is 29.2. The van der Waals surface area contributed by atoms with Gasteiger partial charge in [-0.25, -0.2) is 23.0 Å². The van der Waals surface area contributed by atoms with Crippen molar-refractivity contribution in [3.8, 4) is 11.5 Å². The number of carbonyl (C=O) groups excluding carboxylic acids is 3. The first-order valence-corrected chi connectivity index (χ1v) is 17.1. The van der Waals surface area contributed by atoms with Crippen LogP contribution in [0.4, 0.5) is 22.4 Å². The van der Waals surface area contributed by atoms with Gasteiger partial charge in [0, 0.05) is 31.3 Å². The van der Waals surface area contributed by atoms with Gasteiger partial charge in [0.15, 0.2) is 0 Å². The summed E-state index contributed by atoms with van der Waals surface area (Å²) in [6.07, 6.45) is 2.93. The van der Waals surface area contributed by atoms with Crippen LogP contribution >= 0.6 is 9.24 Å². The minimum atomic E-state index is -3.58. The number of hydrogen-bond donors (Lipinski definition) is 3. The number of nitrogens with zero attached hydrogens (tertiary/aromatic N) is 2. The van der Waals surface area contributed by atoms with E-state index < -0.39 is 47.0 Å². The van der Waals surface area contributed by atoms with Gasteiger partial charge in [0.1, 0.15) is 17.3 Å². The molecule has 0 radical (unpaired) electrons. The topological polar surface area (TPSA) is 139 Å². The van der Waals surface area contributed by atoms with E-state index in [0.29, 0.717) is 50.6 Å². The quantitative estimate of drug-likeness (QED) is 0.0510. The van der Waals surface area contributed by atoms with Crippen LogP contribution in [0.2, 0.25) is 0 Å². The summed E-state index contributed by atoms with van der Waals surface area (Å²) in [7, 11) is 2.60. The van der Waals surface area contributed by atoms with Gasteiger partial charge in [-0.05, 0) is 76.7 Å². The van der Waals surface area contributed by atoms with Crippen LogP contribution < -0.4 is 15.4 Å². The minimum absolute atomic E-state index is 0.00979. The third-order valence-corrected chi connectivity index (χ3v) is 9.01. The van der Waals surface area contributed by atoms with Crippen LogP contribution in [-0.4, -0.2) is 65.9 Å². The van der Waals surface area contributed by atoms with E-state index in [1.165, 1.54) is 34.7 Å². The average Bonchev–Trinajstić information content (AvgIpc) is 3.56. The second-order valence-electron chi connectivity index (χ2n) is 12.3. The molecular weight excluding hydrogens is 691 g/mol. The van der Waals surface area contributed by atoms with Crippen LogP contribution in [0.1, 0.15) is 61.8 Å². The van der Waals surface area contributed by atoms with E-state index in [2.05, 4.69) is 25.3 Å². The van der Waals surface area contributed by atoms with Crippen LogP contribution in [0.5, 0.6) is 11.5 Å². The van der Waals surface area contributed by atoms with Gasteiger partial charge >= 0.3 is 24.0 Å². The Bertz CT molecular complexity index is 1670. The molecule has 3 N–H and O–H groups in total. The number of amides is 3. The van der Waals surface area contributed by atoms with Crippen LogP contribution in [-0.2, 0) is 26.2 Å². The molecule has 2 aromatic carbocycles. The van der Waals surface area contributed by atoms with Crippen LogP contribution in [0.25, 0.3) is 0 Å². The lowest BCUT2D eigenvalue weighted by molar-refractivity contribution is -0.140. The van der Waals surface area contributed by atoms with Gasteiger partial charge in [0.2, 0.25) is 5.91 Å². The molecule has 5 atom stereocenters. The van der Waals surface area contributed by atoms with Gasteiger partial charge in [-0.2, -0.15) is 4.39 Å². The van der Waals surface area contributed by atoms with E-state index in [4.69, 9.17) is 4.74 Å². The molecule has 274 valence electrons. The van der Waals surface area contributed by atoms with Crippen molar-refractivity contribution in [2.45, 2.75) is 74.8 Å². The summed E-state index contributed by atoms with van der Waals surface area (Å²) < 4.78 is 66.0. The van der Waals surface area contributed by atoms with Crippen molar-refractivity contribution in [1.29, 1.82) is 0 Å². The van der Waals surface area contributed by atoms with Crippen molar-refractivity contribution in [3.63, 3.8) is 0 Å². The number of pyridine rings is 1. The predicted octanol–water partition coefficient (Wildman–Crippen LogP) is 6.40. The van der Waals surface area contributed by atoms with Gasteiger partial charge in [0.25, 0.3) is 0 Å². The lowest BCUT2D eigenvalue weighted by atomic mass is 9.73. The number of halogens is 4. The summed E-state index contributed by atoms with van der Waals surface area (Å²) in [5, 5.41) is 15.7. The Morgan fingerprint density at radius 1 is 1.10 bits per heavy atom. The van der Waals surface area contributed by atoms with Crippen molar-refractivity contribution in [1.82, 2.24) is 15.6 Å². The molecule has 3 amide bonds. The number of benzene rings is 2. The molecule has 1 aromatic heterocycles. The number of esters is 1. The largest absolute Gasteiger partial charge is 0.506 e. The number of aliphatic imine (C=N–C) groups is 1. The van der Waals surface area contributed by atoms with E-state index >= 15 is 4.39 Å². The van der Waals surface area contributed by atoms with Gasteiger partial charge < -0.3 is 25.2 Å². The molecule has 0 aliphatic heterocycles.